The number of carbonyl (C=O) groups is 1. The van der Waals surface area contributed by atoms with Gasteiger partial charge in [-0.2, -0.15) is 0 Å². The Hall–Kier alpha value is -2.59. The Morgan fingerprint density at radius 2 is 1.67 bits per heavy atom. The summed E-state index contributed by atoms with van der Waals surface area (Å²) in [4.78, 5) is 15.2. The maximum atomic E-state index is 13.3. The van der Waals surface area contributed by atoms with Crippen molar-refractivity contribution in [3.8, 4) is 11.1 Å². The maximum absolute atomic E-state index is 13.3. The van der Waals surface area contributed by atoms with Crippen LogP contribution in [0.1, 0.15) is 68.9 Å². The first kappa shape index (κ1) is 22.2. The molecule has 0 saturated carbocycles. The zero-order valence-corrected chi connectivity index (χ0v) is 19.7. The second kappa shape index (κ2) is 10.1. The third-order valence-electron chi connectivity index (χ3n) is 7.42. The Bertz CT molecular complexity index is 968. The zero-order chi connectivity index (χ0) is 22.6. The van der Waals surface area contributed by atoms with Gasteiger partial charge in [0.05, 0.1) is 25.3 Å². The smallest absolute Gasteiger partial charge is 0.410 e. The van der Waals surface area contributed by atoms with Gasteiger partial charge in [-0.15, -0.1) is 0 Å². The van der Waals surface area contributed by atoms with Crippen LogP contribution in [-0.2, 0) is 9.47 Å². The van der Waals surface area contributed by atoms with Crippen LogP contribution in [0.2, 0.25) is 0 Å². The molecule has 2 aromatic carbocycles. The minimum absolute atomic E-state index is 0.00112. The quantitative estimate of drug-likeness (QED) is 0.335. The van der Waals surface area contributed by atoms with Crippen LogP contribution in [-0.4, -0.2) is 42.9 Å². The molecule has 3 aliphatic rings. The number of nitrogens with zero attached hydrogens (tertiary/aromatic N) is 1. The predicted octanol–water partition coefficient (Wildman–Crippen LogP) is 6.70. The third-order valence-corrected chi connectivity index (χ3v) is 7.42. The molecule has 2 atom stereocenters. The topological polar surface area (TPSA) is 38.8 Å². The summed E-state index contributed by atoms with van der Waals surface area (Å²) in [5.74, 6) is 0.0939. The summed E-state index contributed by atoms with van der Waals surface area (Å²) in [7, 11) is 0. The van der Waals surface area contributed by atoms with Gasteiger partial charge in [0, 0.05) is 5.92 Å². The van der Waals surface area contributed by atoms with Crippen molar-refractivity contribution in [1.82, 2.24) is 4.90 Å². The van der Waals surface area contributed by atoms with Crippen molar-refractivity contribution in [2.75, 3.05) is 19.8 Å². The maximum Gasteiger partial charge on any atom is 0.410 e. The second-order valence-corrected chi connectivity index (χ2v) is 9.66. The van der Waals surface area contributed by atoms with Gasteiger partial charge in [-0.3, -0.25) is 4.90 Å². The van der Waals surface area contributed by atoms with Crippen LogP contribution >= 0.6 is 0 Å². The van der Waals surface area contributed by atoms with Gasteiger partial charge in [0.2, 0.25) is 0 Å². The van der Waals surface area contributed by atoms with Crippen molar-refractivity contribution < 1.29 is 14.3 Å². The van der Waals surface area contributed by atoms with E-state index in [9.17, 15) is 4.79 Å². The molecule has 5 rings (SSSR count). The molecule has 2 bridgehead atoms. The molecule has 1 saturated heterocycles. The summed E-state index contributed by atoms with van der Waals surface area (Å²) in [5, 5.41) is 0. The lowest BCUT2D eigenvalue weighted by molar-refractivity contribution is -0.0365. The van der Waals surface area contributed by atoms with Gasteiger partial charge in [-0.25, -0.2) is 4.79 Å². The van der Waals surface area contributed by atoms with Crippen LogP contribution < -0.4 is 0 Å². The number of hydrogen-bond donors (Lipinski definition) is 0. The molecule has 4 nitrogen and oxygen atoms in total. The molecule has 4 heteroatoms. The highest BCUT2D eigenvalue weighted by Crippen LogP contribution is 2.44. The lowest BCUT2D eigenvalue weighted by atomic mass is 9.91. The van der Waals surface area contributed by atoms with E-state index in [-0.39, 0.29) is 24.1 Å². The van der Waals surface area contributed by atoms with Gasteiger partial charge < -0.3 is 9.47 Å². The van der Waals surface area contributed by atoms with Gasteiger partial charge >= 0.3 is 6.09 Å². The minimum atomic E-state index is -0.201. The van der Waals surface area contributed by atoms with Crippen molar-refractivity contribution in [3.05, 3.63) is 71.3 Å². The summed E-state index contributed by atoms with van der Waals surface area (Å²) >= 11 is 0. The number of carbonyl (C=O) groups excluding carboxylic acids is 1. The van der Waals surface area contributed by atoms with Crippen molar-refractivity contribution in [2.24, 2.45) is 0 Å². The fourth-order valence-electron chi connectivity index (χ4n) is 5.78. The van der Waals surface area contributed by atoms with Crippen molar-refractivity contribution in [2.45, 2.75) is 69.9 Å². The van der Waals surface area contributed by atoms with Crippen LogP contribution in [0.3, 0.4) is 0 Å². The van der Waals surface area contributed by atoms with Crippen molar-refractivity contribution in [3.63, 3.8) is 0 Å². The van der Waals surface area contributed by atoms with E-state index in [0.29, 0.717) is 19.8 Å². The summed E-state index contributed by atoms with van der Waals surface area (Å²) < 4.78 is 11.8. The first-order valence-corrected chi connectivity index (χ1v) is 12.7. The molecular weight excluding hydrogens is 410 g/mol. The summed E-state index contributed by atoms with van der Waals surface area (Å²) in [6.07, 6.45) is 10.6. The molecule has 1 amide bonds. The number of morpholine rings is 1. The first-order chi connectivity index (χ1) is 16.3. The number of benzene rings is 2. The van der Waals surface area contributed by atoms with Crippen LogP contribution in [0.15, 0.2) is 60.2 Å². The number of unbranched alkanes of at least 4 members (excludes halogenated alkanes) is 4. The highest BCUT2D eigenvalue weighted by molar-refractivity contribution is 5.79. The van der Waals surface area contributed by atoms with E-state index in [1.807, 2.05) is 4.90 Å². The fourth-order valence-corrected chi connectivity index (χ4v) is 5.78. The Labute approximate surface area is 197 Å². The molecule has 0 spiro atoms. The Morgan fingerprint density at radius 1 is 0.970 bits per heavy atom. The molecular formula is C29H35NO3. The molecule has 33 heavy (non-hydrogen) atoms. The van der Waals surface area contributed by atoms with E-state index >= 15 is 0 Å². The standard InChI is InChI=1S/C29H35NO3/c1-2-3-4-5-6-11-21-16-22-18-32-19-23(17-21)30(22)29(31)33-20-28-26-14-9-7-12-24(26)25-13-8-10-15-27(25)28/h7-10,12-16,22-23,28H,2-6,11,17-20H2,1H3. The number of amides is 1. The molecule has 0 radical (unpaired) electrons. The predicted molar refractivity (Wildman–Crippen MR) is 131 cm³/mol. The molecule has 0 aromatic heterocycles. The van der Waals surface area contributed by atoms with Gasteiger partial charge in [-0.1, -0.05) is 92.8 Å². The van der Waals surface area contributed by atoms with E-state index in [2.05, 4.69) is 61.5 Å². The van der Waals surface area contributed by atoms with E-state index in [1.165, 1.54) is 59.9 Å². The average Bonchev–Trinajstić information content (AvgIpc) is 3.15. The fraction of sp³-hybridized carbons (Fsp3) is 0.483. The number of fused-ring (bicyclic) bond motifs is 5. The van der Waals surface area contributed by atoms with Crippen LogP contribution in [0, 0.1) is 0 Å². The Morgan fingerprint density at radius 3 is 2.36 bits per heavy atom. The van der Waals surface area contributed by atoms with E-state index in [0.717, 1.165) is 12.8 Å². The lowest BCUT2D eigenvalue weighted by Gasteiger charge is -2.44. The van der Waals surface area contributed by atoms with Crippen LogP contribution in [0.5, 0.6) is 0 Å². The highest BCUT2D eigenvalue weighted by Gasteiger charge is 2.39. The highest BCUT2D eigenvalue weighted by atomic mass is 16.6. The molecule has 2 aliphatic heterocycles. The Balaban J connectivity index is 1.24. The monoisotopic (exact) mass is 445 g/mol. The molecule has 174 valence electrons. The van der Waals surface area contributed by atoms with Crippen molar-refractivity contribution in [1.29, 1.82) is 0 Å². The van der Waals surface area contributed by atoms with E-state index < -0.39 is 0 Å². The first-order valence-electron chi connectivity index (χ1n) is 12.7. The SMILES string of the molecule is CCCCCCCC1=CC2COCC(C1)N2C(=O)OCC1c2ccccc2-c2ccccc21. The van der Waals surface area contributed by atoms with E-state index in [1.54, 1.807) is 0 Å². The second-order valence-electron chi connectivity index (χ2n) is 9.66. The summed E-state index contributed by atoms with van der Waals surface area (Å²) in [5.41, 5.74) is 6.50. The van der Waals surface area contributed by atoms with Gasteiger partial charge in [0.1, 0.15) is 6.61 Å². The molecule has 2 aromatic rings. The number of hydrogen-bond acceptors (Lipinski definition) is 3. The van der Waals surface area contributed by atoms with Crippen molar-refractivity contribution >= 4 is 6.09 Å². The van der Waals surface area contributed by atoms with Gasteiger partial charge in [0.25, 0.3) is 0 Å². The van der Waals surface area contributed by atoms with E-state index in [4.69, 9.17) is 9.47 Å². The average molecular weight is 446 g/mol. The largest absolute Gasteiger partial charge is 0.448 e. The van der Waals surface area contributed by atoms with Gasteiger partial charge in [-0.05, 0) is 41.5 Å². The third kappa shape index (κ3) is 4.59. The molecule has 0 N–H and O–H groups in total. The van der Waals surface area contributed by atoms with Crippen LogP contribution in [0.25, 0.3) is 11.1 Å². The minimum Gasteiger partial charge on any atom is -0.448 e. The molecule has 2 unspecified atom stereocenters. The van der Waals surface area contributed by atoms with Gasteiger partial charge in [0.15, 0.2) is 0 Å². The summed E-state index contributed by atoms with van der Waals surface area (Å²) in [6.45, 7) is 3.80. The Kier molecular flexibility index (Phi) is 6.82. The zero-order valence-electron chi connectivity index (χ0n) is 19.7. The number of rotatable bonds is 8. The molecule has 1 fully saturated rings. The lowest BCUT2D eigenvalue weighted by Crippen LogP contribution is -2.56. The summed E-state index contributed by atoms with van der Waals surface area (Å²) in [6, 6.07) is 17.0. The number of ether oxygens (including phenoxy) is 2. The van der Waals surface area contributed by atoms with Crippen LogP contribution in [0.4, 0.5) is 4.79 Å². The normalized spacial score (nSPS) is 21.4. The molecule has 2 heterocycles. The molecule has 1 aliphatic carbocycles.